The van der Waals surface area contributed by atoms with E-state index in [2.05, 4.69) is 25.6 Å². The zero-order valence-corrected chi connectivity index (χ0v) is 14.9. The Morgan fingerprint density at radius 3 is 2.41 bits per heavy atom. The van der Waals surface area contributed by atoms with Crippen LogP contribution in [0.2, 0.25) is 0 Å². The summed E-state index contributed by atoms with van der Waals surface area (Å²) in [6.07, 6.45) is -0.473. The molecule has 0 spiro atoms. The molecule has 142 valence electrons. The van der Waals surface area contributed by atoms with Crippen LogP contribution in [-0.2, 0) is 6.18 Å². The molecule has 0 amide bonds. The third-order valence-corrected chi connectivity index (χ3v) is 4.36. The fourth-order valence-corrected chi connectivity index (χ4v) is 2.74. The van der Waals surface area contributed by atoms with Gasteiger partial charge >= 0.3 is 6.18 Å². The summed E-state index contributed by atoms with van der Waals surface area (Å²) in [6.45, 7) is 4.06. The maximum atomic E-state index is 12.7. The number of halogens is 3. The molecule has 1 aromatic carbocycles. The van der Waals surface area contributed by atoms with Crippen LogP contribution in [0.5, 0.6) is 0 Å². The van der Waals surface area contributed by atoms with E-state index in [9.17, 15) is 13.2 Å². The Morgan fingerprint density at radius 1 is 1.11 bits per heavy atom. The highest BCUT2D eigenvalue weighted by molar-refractivity contribution is 5.85. The number of rotatable bonds is 5. The molecule has 4 rings (SSSR count). The Kier molecular flexibility index (Phi) is 4.16. The smallest absolute Gasteiger partial charge is 0.365 e. The first-order valence-corrected chi connectivity index (χ1v) is 8.76. The molecule has 9 heteroatoms. The van der Waals surface area contributed by atoms with Gasteiger partial charge in [-0.2, -0.15) is 23.1 Å². The molecule has 0 saturated heterocycles. The van der Waals surface area contributed by atoms with Crippen molar-refractivity contribution in [1.82, 2.24) is 19.5 Å². The van der Waals surface area contributed by atoms with Crippen LogP contribution in [0.25, 0.3) is 11.2 Å². The first kappa shape index (κ1) is 17.6. The summed E-state index contributed by atoms with van der Waals surface area (Å²) in [7, 11) is 0. The Labute approximate surface area is 153 Å². The zero-order chi connectivity index (χ0) is 19.2. The number of nitrogens with one attached hydrogen (secondary N) is 2. The van der Waals surface area contributed by atoms with E-state index in [1.807, 2.05) is 18.4 Å². The summed E-state index contributed by atoms with van der Waals surface area (Å²) in [5.41, 5.74) is 1.15. The first-order chi connectivity index (χ1) is 12.8. The number of hydrogen-bond acceptors (Lipinski definition) is 5. The quantitative estimate of drug-likeness (QED) is 0.673. The number of imidazole rings is 1. The maximum absolute atomic E-state index is 12.7. The van der Waals surface area contributed by atoms with E-state index in [1.165, 1.54) is 12.1 Å². The van der Waals surface area contributed by atoms with Gasteiger partial charge in [0.2, 0.25) is 5.95 Å². The highest BCUT2D eigenvalue weighted by Gasteiger charge is 2.30. The van der Waals surface area contributed by atoms with Crippen molar-refractivity contribution < 1.29 is 13.2 Å². The van der Waals surface area contributed by atoms with Crippen molar-refractivity contribution in [2.45, 2.75) is 44.9 Å². The van der Waals surface area contributed by atoms with Crippen LogP contribution in [0.3, 0.4) is 0 Å². The average molecular weight is 376 g/mol. The Morgan fingerprint density at radius 2 is 1.81 bits per heavy atom. The fourth-order valence-electron chi connectivity index (χ4n) is 2.74. The molecule has 0 unspecified atom stereocenters. The third-order valence-electron chi connectivity index (χ3n) is 4.36. The van der Waals surface area contributed by atoms with Crippen LogP contribution in [0.4, 0.5) is 30.6 Å². The number of fused-ring (bicyclic) bond motifs is 1. The molecule has 1 fully saturated rings. The number of alkyl halides is 3. The van der Waals surface area contributed by atoms with E-state index in [-0.39, 0.29) is 6.04 Å². The van der Waals surface area contributed by atoms with Crippen LogP contribution in [-0.4, -0.2) is 25.6 Å². The maximum Gasteiger partial charge on any atom is 0.416 e. The molecule has 0 bridgehead atoms. The van der Waals surface area contributed by atoms with Crippen LogP contribution in [0.15, 0.2) is 30.6 Å². The van der Waals surface area contributed by atoms with Crippen molar-refractivity contribution in [2.24, 2.45) is 0 Å². The van der Waals surface area contributed by atoms with E-state index in [0.29, 0.717) is 34.7 Å². The van der Waals surface area contributed by atoms with Gasteiger partial charge in [-0.1, -0.05) is 0 Å². The van der Waals surface area contributed by atoms with Crippen LogP contribution < -0.4 is 10.6 Å². The predicted molar refractivity (Wildman–Crippen MR) is 97.1 cm³/mol. The molecule has 0 aliphatic heterocycles. The lowest BCUT2D eigenvalue weighted by molar-refractivity contribution is -0.137. The van der Waals surface area contributed by atoms with E-state index in [0.717, 1.165) is 25.0 Å². The minimum Gasteiger partial charge on any atom is -0.365 e. The van der Waals surface area contributed by atoms with Crippen molar-refractivity contribution >= 4 is 28.6 Å². The molecule has 6 nitrogen and oxygen atoms in total. The molecule has 1 aliphatic rings. The van der Waals surface area contributed by atoms with E-state index < -0.39 is 11.7 Å². The molecule has 0 radical (unpaired) electrons. The van der Waals surface area contributed by atoms with Gasteiger partial charge in [-0.05, 0) is 51.0 Å². The predicted octanol–water partition coefficient (Wildman–Crippen LogP) is 4.74. The number of benzene rings is 1. The summed E-state index contributed by atoms with van der Waals surface area (Å²) in [5.74, 6) is 0.948. The SMILES string of the molecule is CC(C)n1cnc2c(NC3CC3)nc(Nc3ccc(C(F)(F)F)cc3)nc21. The van der Waals surface area contributed by atoms with Crippen molar-refractivity contribution in [3.8, 4) is 0 Å². The molecular weight excluding hydrogens is 357 g/mol. The first-order valence-electron chi connectivity index (χ1n) is 8.76. The summed E-state index contributed by atoms with van der Waals surface area (Å²) in [6, 6.07) is 5.34. The number of aromatic nitrogens is 4. The summed E-state index contributed by atoms with van der Waals surface area (Å²) in [4.78, 5) is 13.4. The minimum absolute atomic E-state index is 0.164. The number of hydrogen-bond donors (Lipinski definition) is 2. The molecule has 27 heavy (non-hydrogen) atoms. The molecule has 1 aliphatic carbocycles. The summed E-state index contributed by atoms with van der Waals surface area (Å²) >= 11 is 0. The molecule has 2 N–H and O–H groups in total. The normalized spacial score (nSPS) is 14.7. The van der Waals surface area contributed by atoms with Crippen molar-refractivity contribution in [1.29, 1.82) is 0 Å². The lowest BCUT2D eigenvalue weighted by atomic mass is 10.2. The summed E-state index contributed by atoms with van der Waals surface area (Å²) in [5, 5.41) is 6.34. The lowest BCUT2D eigenvalue weighted by Gasteiger charge is -2.12. The number of anilines is 3. The number of nitrogens with zero attached hydrogens (tertiary/aromatic N) is 4. The largest absolute Gasteiger partial charge is 0.416 e. The van der Waals surface area contributed by atoms with Gasteiger partial charge in [0.15, 0.2) is 17.0 Å². The van der Waals surface area contributed by atoms with Gasteiger partial charge in [-0.25, -0.2) is 4.98 Å². The van der Waals surface area contributed by atoms with Gasteiger partial charge in [0, 0.05) is 17.8 Å². The van der Waals surface area contributed by atoms with Crippen molar-refractivity contribution in [2.75, 3.05) is 10.6 Å². The molecule has 2 heterocycles. The molecular formula is C18H19F3N6. The second-order valence-electron chi connectivity index (χ2n) is 6.93. The Balaban J connectivity index is 1.69. The Hall–Kier alpha value is -2.84. The standard InChI is InChI=1S/C18H19F3N6/c1-10(2)27-9-22-14-15(23-12-7-8-12)25-17(26-16(14)27)24-13-5-3-11(4-6-13)18(19,20)21/h3-6,9-10,12H,7-8H2,1-2H3,(H2,23,24,25,26). The van der Waals surface area contributed by atoms with Crippen LogP contribution in [0.1, 0.15) is 38.3 Å². The van der Waals surface area contributed by atoms with E-state index >= 15 is 0 Å². The van der Waals surface area contributed by atoms with Gasteiger partial charge in [0.25, 0.3) is 0 Å². The molecule has 3 aromatic rings. The second kappa shape index (κ2) is 6.40. The minimum atomic E-state index is -4.36. The third kappa shape index (κ3) is 3.67. The lowest BCUT2D eigenvalue weighted by Crippen LogP contribution is -2.09. The second-order valence-corrected chi connectivity index (χ2v) is 6.93. The monoisotopic (exact) mass is 376 g/mol. The highest BCUT2D eigenvalue weighted by Crippen LogP contribution is 2.32. The van der Waals surface area contributed by atoms with E-state index in [4.69, 9.17) is 0 Å². The van der Waals surface area contributed by atoms with Crippen LogP contribution in [0, 0.1) is 0 Å². The van der Waals surface area contributed by atoms with Crippen molar-refractivity contribution in [3.63, 3.8) is 0 Å². The van der Waals surface area contributed by atoms with Gasteiger partial charge in [-0.3, -0.25) is 0 Å². The van der Waals surface area contributed by atoms with Gasteiger partial charge < -0.3 is 15.2 Å². The fraction of sp³-hybridized carbons (Fsp3) is 0.389. The van der Waals surface area contributed by atoms with Gasteiger partial charge in [0.05, 0.1) is 11.9 Å². The summed E-state index contributed by atoms with van der Waals surface area (Å²) < 4.78 is 40.1. The van der Waals surface area contributed by atoms with E-state index in [1.54, 1.807) is 6.33 Å². The average Bonchev–Trinajstić information content (AvgIpc) is 3.30. The van der Waals surface area contributed by atoms with Crippen LogP contribution >= 0.6 is 0 Å². The van der Waals surface area contributed by atoms with Crippen molar-refractivity contribution in [3.05, 3.63) is 36.2 Å². The molecule has 1 saturated carbocycles. The van der Waals surface area contributed by atoms with Gasteiger partial charge in [-0.15, -0.1) is 0 Å². The molecule has 0 atom stereocenters. The zero-order valence-electron chi connectivity index (χ0n) is 14.9. The molecule has 2 aromatic heterocycles. The Bertz CT molecular complexity index is 958. The highest BCUT2D eigenvalue weighted by atomic mass is 19.4. The van der Waals surface area contributed by atoms with Gasteiger partial charge in [0.1, 0.15) is 0 Å². The topological polar surface area (TPSA) is 67.7 Å².